The Morgan fingerprint density at radius 1 is 1.03 bits per heavy atom. The van der Waals surface area contributed by atoms with E-state index < -0.39 is 6.04 Å². The number of amides is 2. The van der Waals surface area contributed by atoms with E-state index in [1.165, 1.54) is 0 Å². The molecular weight excluding hydrogens is 376 g/mol. The molecule has 0 aliphatic rings. The summed E-state index contributed by atoms with van der Waals surface area (Å²) in [5, 5.41) is 2.93. The molecule has 0 saturated heterocycles. The Bertz CT molecular complexity index is 846. The fourth-order valence-corrected chi connectivity index (χ4v) is 3.19. The molecule has 5 heteroatoms. The van der Waals surface area contributed by atoms with E-state index in [2.05, 4.69) is 12.2 Å². The van der Waals surface area contributed by atoms with Gasteiger partial charge in [-0.1, -0.05) is 60.9 Å². The lowest BCUT2D eigenvalue weighted by Crippen LogP contribution is -2.49. The number of carbonyl (C=O) groups is 2. The molecule has 0 fully saturated rings. The van der Waals surface area contributed by atoms with E-state index in [-0.39, 0.29) is 18.4 Å². The van der Waals surface area contributed by atoms with E-state index in [1.807, 2.05) is 63.2 Å². The molecule has 2 aromatic rings. The molecule has 0 spiro atoms. The second-order valence-electron chi connectivity index (χ2n) is 7.89. The minimum absolute atomic E-state index is 0.109. The van der Waals surface area contributed by atoms with Crippen molar-refractivity contribution in [2.24, 2.45) is 0 Å². The normalized spacial score (nSPS) is 11.6. The van der Waals surface area contributed by atoms with Gasteiger partial charge in [-0.3, -0.25) is 9.59 Å². The van der Waals surface area contributed by atoms with E-state index >= 15 is 0 Å². The third kappa shape index (κ3) is 6.90. The number of nitrogens with one attached hydrogen (secondary N) is 1. The topological polar surface area (TPSA) is 58.6 Å². The minimum atomic E-state index is -0.585. The molecule has 0 heterocycles. The molecule has 1 atom stereocenters. The van der Waals surface area contributed by atoms with Gasteiger partial charge in [0.2, 0.25) is 5.91 Å². The molecule has 0 aromatic heterocycles. The number of nitrogens with zero attached hydrogens (tertiary/aromatic N) is 1. The maximum atomic E-state index is 13.1. The molecule has 0 radical (unpaired) electrons. The number of ether oxygens (including phenoxy) is 1. The van der Waals surface area contributed by atoms with Crippen molar-refractivity contribution < 1.29 is 14.3 Å². The van der Waals surface area contributed by atoms with Crippen molar-refractivity contribution in [2.75, 3.05) is 13.2 Å². The molecule has 2 aromatic carbocycles. The summed E-state index contributed by atoms with van der Waals surface area (Å²) in [5.74, 6) is 0.327. The van der Waals surface area contributed by atoms with E-state index in [4.69, 9.17) is 4.74 Å². The van der Waals surface area contributed by atoms with Crippen LogP contribution in [0.1, 0.15) is 48.9 Å². The molecule has 5 nitrogen and oxygen atoms in total. The van der Waals surface area contributed by atoms with Crippen LogP contribution in [0.25, 0.3) is 0 Å². The highest BCUT2D eigenvalue weighted by molar-refractivity contribution is 5.87. The summed E-state index contributed by atoms with van der Waals surface area (Å²) >= 11 is 0. The third-order valence-electron chi connectivity index (χ3n) is 5.15. The van der Waals surface area contributed by atoms with Gasteiger partial charge in [0.25, 0.3) is 5.91 Å². The van der Waals surface area contributed by atoms with Crippen molar-refractivity contribution in [3.05, 3.63) is 64.7 Å². The maximum absolute atomic E-state index is 13.1. The number of hydrogen-bond donors (Lipinski definition) is 1. The highest BCUT2D eigenvalue weighted by atomic mass is 16.5. The third-order valence-corrected chi connectivity index (χ3v) is 5.15. The average Bonchev–Trinajstić information content (AvgIpc) is 2.72. The van der Waals surface area contributed by atoms with Gasteiger partial charge >= 0.3 is 0 Å². The van der Waals surface area contributed by atoms with Crippen LogP contribution in [0.2, 0.25) is 0 Å². The monoisotopic (exact) mass is 410 g/mol. The van der Waals surface area contributed by atoms with Gasteiger partial charge in [-0.25, -0.2) is 0 Å². The van der Waals surface area contributed by atoms with Crippen LogP contribution in [-0.4, -0.2) is 35.9 Å². The summed E-state index contributed by atoms with van der Waals surface area (Å²) in [6.07, 6.45) is 1.92. The first-order valence-electron chi connectivity index (χ1n) is 10.6. The molecule has 162 valence electrons. The van der Waals surface area contributed by atoms with Gasteiger partial charge in [0, 0.05) is 13.1 Å². The Labute approximate surface area is 180 Å². The summed E-state index contributed by atoms with van der Waals surface area (Å²) in [6.45, 7) is 10.7. The van der Waals surface area contributed by atoms with Crippen LogP contribution in [0.3, 0.4) is 0 Å². The predicted octanol–water partition coefficient (Wildman–Crippen LogP) is 4.32. The first-order chi connectivity index (χ1) is 14.3. The summed E-state index contributed by atoms with van der Waals surface area (Å²) < 4.78 is 5.80. The molecule has 2 amide bonds. The molecule has 0 aliphatic heterocycles. The Hall–Kier alpha value is -2.82. The minimum Gasteiger partial charge on any atom is -0.483 e. The molecular formula is C25H34N2O3. The lowest BCUT2D eigenvalue weighted by Gasteiger charge is -2.29. The zero-order valence-electron chi connectivity index (χ0n) is 18.8. The highest BCUT2D eigenvalue weighted by Gasteiger charge is 2.26. The van der Waals surface area contributed by atoms with Gasteiger partial charge in [0.1, 0.15) is 11.8 Å². The van der Waals surface area contributed by atoms with Crippen LogP contribution < -0.4 is 10.1 Å². The second-order valence-corrected chi connectivity index (χ2v) is 7.89. The Kier molecular flexibility index (Phi) is 8.90. The largest absolute Gasteiger partial charge is 0.483 e. The summed E-state index contributed by atoms with van der Waals surface area (Å²) in [6, 6.07) is 13.3. The Morgan fingerprint density at radius 2 is 1.70 bits per heavy atom. The zero-order valence-corrected chi connectivity index (χ0v) is 18.8. The van der Waals surface area contributed by atoms with Gasteiger partial charge in [0.05, 0.1) is 0 Å². The lowest BCUT2D eigenvalue weighted by molar-refractivity contribution is -0.142. The van der Waals surface area contributed by atoms with Crippen LogP contribution in [0.5, 0.6) is 5.75 Å². The van der Waals surface area contributed by atoms with E-state index in [9.17, 15) is 9.59 Å². The number of unbranched alkanes of at least 4 members (excludes halogenated alkanes) is 1. The molecule has 1 N–H and O–H groups in total. The van der Waals surface area contributed by atoms with Crippen molar-refractivity contribution in [2.45, 2.75) is 60.0 Å². The molecule has 0 aliphatic carbocycles. The van der Waals surface area contributed by atoms with Crippen molar-refractivity contribution in [1.29, 1.82) is 0 Å². The quantitative estimate of drug-likeness (QED) is 0.593. The van der Waals surface area contributed by atoms with E-state index in [1.54, 1.807) is 11.8 Å². The van der Waals surface area contributed by atoms with Crippen LogP contribution >= 0.6 is 0 Å². The number of benzene rings is 2. The Morgan fingerprint density at radius 3 is 2.33 bits per heavy atom. The first-order valence-corrected chi connectivity index (χ1v) is 10.6. The van der Waals surface area contributed by atoms with Gasteiger partial charge in [-0.2, -0.15) is 0 Å². The van der Waals surface area contributed by atoms with Gasteiger partial charge < -0.3 is 15.0 Å². The summed E-state index contributed by atoms with van der Waals surface area (Å²) in [4.78, 5) is 27.3. The summed E-state index contributed by atoms with van der Waals surface area (Å²) in [7, 11) is 0. The number of rotatable bonds is 10. The molecule has 0 bridgehead atoms. The van der Waals surface area contributed by atoms with Gasteiger partial charge in [-0.05, 0) is 51.3 Å². The number of carbonyl (C=O) groups excluding carboxylic acids is 2. The van der Waals surface area contributed by atoms with Crippen LogP contribution in [-0.2, 0) is 16.1 Å². The smallest absolute Gasteiger partial charge is 0.261 e. The predicted molar refractivity (Wildman–Crippen MR) is 121 cm³/mol. The van der Waals surface area contributed by atoms with E-state index in [0.29, 0.717) is 18.8 Å². The molecule has 0 unspecified atom stereocenters. The number of hydrogen-bond acceptors (Lipinski definition) is 3. The summed E-state index contributed by atoms with van der Waals surface area (Å²) in [5.41, 5.74) is 4.26. The average molecular weight is 411 g/mol. The SMILES string of the molecule is CCCCNC(=O)[C@H](C)N(Cc1ccc(C)cc1)C(=O)COc1ccc(C)cc1C. The van der Waals surface area contributed by atoms with Crippen LogP contribution in [0, 0.1) is 20.8 Å². The van der Waals surface area contributed by atoms with Crippen LogP contribution in [0.15, 0.2) is 42.5 Å². The maximum Gasteiger partial charge on any atom is 0.261 e. The van der Waals surface area contributed by atoms with Crippen molar-refractivity contribution >= 4 is 11.8 Å². The fourth-order valence-electron chi connectivity index (χ4n) is 3.19. The lowest BCUT2D eigenvalue weighted by atomic mass is 10.1. The highest BCUT2D eigenvalue weighted by Crippen LogP contribution is 2.19. The fraction of sp³-hybridized carbons (Fsp3) is 0.440. The van der Waals surface area contributed by atoms with Crippen LogP contribution in [0.4, 0.5) is 0 Å². The second kappa shape index (κ2) is 11.4. The first kappa shape index (κ1) is 23.5. The Balaban J connectivity index is 2.12. The van der Waals surface area contributed by atoms with Crippen molar-refractivity contribution in [3.63, 3.8) is 0 Å². The molecule has 30 heavy (non-hydrogen) atoms. The van der Waals surface area contributed by atoms with Crippen molar-refractivity contribution in [3.8, 4) is 5.75 Å². The van der Waals surface area contributed by atoms with Gasteiger partial charge in [-0.15, -0.1) is 0 Å². The van der Waals surface area contributed by atoms with Crippen molar-refractivity contribution in [1.82, 2.24) is 10.2 Å². The molecule has 2 rings (SSSR count). The molecule has 0 saturated carbocycles. The standard InChI is InChI=1S/C25H34N2O3/c1-6-7-14-26-25(29)21(5)27(16-22-11-8-18(2)9-12-22)24(28)17-30-23-13-10-19(3)15-20(23)4/h8-13,15,21H,6-7,14,16-17H2,1-5H3,(H,26,29)/t21-/m0/s1. The number of aryl methyl sites for hydroxylation is 3. The van der Waals surface area contributed by atoms with E-state index in [0.717, 1.165) is 35.1 Å². The van der Waals surface area contributed by atoms with Gasteiger partial charge in [0.15, 0.2) is 6.61 Å². The zero-order chi connectivity index (χ0) is 22.1.